The third-order valence-electron chi connectivity index (χ3n) is 5.35. The van der Waals surface area contributed by atoms with Crippen LogP contribution in [0.25, 0.3) is 33.7 Å². The van der Waals surface area contributed by atoms with Crippen LogP contribution < -0.4 is 5.32 Å². The predicted octanol–water partition coefficient (Wildman–Crippen LogP) is 5.85. The standard InChI is InChI=1S/C26H22ClN5O2/c1-32(2)15-16-5-7-17(8-6-16)18-12-22-25(28-14-18)31-24(30-22)20-13-19(9-10-21(20)27)29-26(33)23-4-3-11-34-23/h3-14H,15H2,1-2H3,(H,29,33)(H,28,30,31). The molecule has 0 spiro atoms. The Balaban J connectivity index is 1.43. The number of imidazole rings is 1. The van der Waals surface area contributed by atoms with Gasteiger partial charge in [-0.3, -0.25) is 4.79 Å². The number of H-pyrrole nitrogens is 1. The van der Waals surface area contributed by atoms with E-state index in [0.29, 0.717) is 27.7 Å². The maximum Gasteiger partial charge on any atom is 0.291 e. The Kier molecular flexibility index (Phi) is 5.88. The van der Waals surface area contributed by atoms with Gasteiger partial charge in [-0.2, -0.15) is 0 Å². The maximum absolute atomic E-state index is 12.3. The fraction of sp³-hybridized carbons (Fsp3) is 0.115. The molecular weight excluding hydrogens is 450 g/mol. The van der Waals surface area contributed by atoms with Gasteiger partial charge in [0.15, 0.2) is 11.4 Å². The number of hydrogen-bond acceptors (Lipinski definition) is 5. The number of aromatic nitrogens is 3. The Morgan fingerprint density at radius 1 is 1.09 bits per heavy atom. The molecular formula is C26H22ClN5O2. The van der Waals surface area contributed by atoms with Gasteiger partial charge >= 0.3 is 0 Å². The number of aromatic amines is 1. The van der Waals surface area contributed by atoms with Crippen molar-refractivity contribution in [2.24, 2.45) is 0 Å². The van der Waals surface area contributed by atoms with Gasteiger partial charge in [0.2, 0.25) is 0 Å². The summed E-state index contributed by atoms with van der Waals surface area (Å²) in [5, 5.41) is 3.32. The Morgan fingerprint density at radius 3 is 2.65 bits per heavy atom. The number of pyridine rings is 1. The molecule has 0 aliphatic heterocycles. The number of anilines is 1. The first-order valence-electron chi connectivity index (χ1n) is 10.7. The number of rotatable bonds is 6. The summed E-state index contributed by atoms with van der Waals surface area (Å²) in [4.78, 5) is 26.9. The second-order valence-electron chi connectivity index (χ2n) is 8.24. The summed E-state index contributed by atoms with van der Waals surface area (Å²) in [5.41, 5.74) is 5.94. The molecule has 34 heavy (non-hydrogen) atoms. The molecule has 3 heterocycles. The molecule has 0 saturated carbocycles. The summed E-state index contributed by atoms with van der Waals surface area (Å²) >= 11 is 6.46. The van der Waals surface area contributed by atoms with Gasteiger partial charge in [-0.15, -0.1) is 0 Å². The van der Waals surface area contributed by atoms with Gasteiger partial charge in [0.1, 0.15) is 5.82 Å². The molecule has 2 N–H and O–H groups in total. The highest BCUT2D eigenvalue weighted by molar-refractivity contribution is 6.33. The molecule has 7 nitrogen and oxygen atoms in total. The van der Waals surface area contributed by atoms with Crippen molar-refractivity contribution in [3.63, 3.8) is 0 Å². The minimum atomic E-state index is -0.342. The van der Waals surface area contributed by atoms with Gasteiger partial charge in [-0.1, -0.05) is 35.9 Å². The highest BCUT2D eigenvalue weighted by Crippen LogP contribution is 2.31. The molecule has 0 bridgehead atoms. The lowest BCUT2D eigenvalue weighted by atomic mass is 10.1. The summed E-state index contributed by atoms with van der Waals surface area (Å²) in [7, 11) is 4.10. The topological polar surface area (TPSA) is 87.1 Å². The van der Waals surface area contributed by atoms with Gasteiger partial charge in [0.05, 0.1) is 16.8 Å². The van der Waals surface area contributed by atoms with E-state index in [-0.39, 0.29) is 11.7 Å². The quantitative estimate of drug-likeness (QED) is 0.324. The summed E-state index contributed by atoms with van der Waals surface area (Å²) in [5.74, 6) is 0.456. The second-order valence-corrected chi connectivity index (χ2v) is 8.65. The third kappa shape index (κ3) is 4.57. The number of carbonyl (C=O) groups is 1. The molecule has 0 aliphatic carbocycles. The lowest BCUT2D eigenvalue weighted by Crippen LogP contribution is -2.10. The maximum atomic E-state index is 12.3. The van der Waals surface area contributed by atoms with E-state index in [9.17, 15) is 4.79 Å². The van der Waals surface area contributed by atoms with E-state index in [1.54, 1.807) is 30.3 Å². The van der Waals surface area contributed by atoms with Gasteiger partial charge in [-0.05, 0) is 61.6 Å². The molecule has 0 unspecified atom stereocenters. The molecule has 170 valence electrons. The molecule has 1 amide bonds. The SMILES string of the molecule is CN(C)Cc1ccc(-c2cnc3nc(-c4cc(NC(=O)c5ccco5)ccc4Cl)[nH]c3c2)cc1. The molecule has 0 atom stereocenters. The molecule has 0 saturated heterocycles. The lowest BCUT2D eigenvalue weighted by Gasteiger charge is -2.10. The van der Waals surface area contributed by atoms with Gasteiger partial charge in [0, 0.05) is 29.6 Å². The molecule has 5 aromatic rings. The van der Waals surface area contributed by atoms with Crippen LogP contribution in [0.3, 0.4) is 0 Å². The lowest BCUT2D eigenvalue weighted by molar-refractivity contribution is 0.0996. The van der Waals surface area contributed by atoms with Crippen LogP contribution >= 0.6 is 11.6 Å². The number of hydrogen-bond donors (Lipinski definition) is 2. The third-order valence-corrected chi connectivity index (χ3v) is 5.68. The van der Waals surface area contributed by atoms with Crippen LogP contribution in [0.15, 0.2) is 77.5 Å². The Hall–Kier alpha value is -3.94. The molecule has 0 radical (unpaired) electrons. The summed E-state index contributed by atoms with van der Waals surface area (Å²) < 4.78 is 5.15. The van der Waals surface area contributed by atoms with Gasteiger partial charge in [-0.25, -0.2) is 9.97 Å². The summed E-state index contributed by atoms with van der Waals surface area (Å²) in [6, 6.07) is 19.0. The Bertz CT molecular complexity index is 1460. The monoisotopic (exact) mass is 471 g/mol. The van der Waals surface area contributed by atoms with Crippen LogP contribution in [0.2, 0.25) is 5.02 Å². The molecule has 8 heteroatoms. The smallest absolute Gasteiger partial charge is 0.291 e. The highest BCUT2D eigenvalue weighted by Gasteiger charge is 2.14. The number of furan rings is 1. The molecule has 5 rings (SSSR count). The van der Waals surface area contributed by atoms with E-state index >= 15 is 0 Å². The van der Waals surface area contributed by atoms with E-state index in [4.69, 9.17) is 16.0 Å². The zero-order chi connectivity index (χ0) is 23.7. The number of nitrogens with zero attached hydrogens (tertiary/aromatic N) is 3. The minimum absolute atomic E-state index is 0.228. The van der Waals surface area contributed by atoms with E-state index in [1.807, 2.05) is 12.3 Å². The van der Waals surface area contributed by atoms with Crippen LogP contribution in [0.5, 0.6) is 0 Å². The number of nitrogens with one attached hydrogen (secondary N) is 2. The molecule has 2 aromatic carbocycles. The van der Waals surface area contributed by atoms with Crippen LogP contribution in [0.1, 0.15) is 16.1 Å². The van der Waals surface area contributed by atoms with E-state index in [2.05, 4.69) is 63.5 Å². The van der Waals surface area contributed by atoms with E-state index in [0.717, 1.165) is 23.2 Å². The predicted molar refractivity (Wildman–Crippen MR) is 134 cm³/mol. The number of amides is 1. The number of carbonyl (C=O) groups excluding carboxylic acids is 1. The van der Waals surface area contributed by atoms with Crippen molar-refractivity contribution < 1.29 is 9.21 Å². The van der Waals surface area contributed by atoms with Gasteiger partial charge in [0.25, 0.3) is 5.91 Å². The van der Waals surface area contributed by atoms with Crippen LogP contribution in [-0.2, 0) is 6.54 Å². The van der Waals surface area contributed by atoms with Crippen molar-refractivity contribution >= 4 is 34.4 Å². The second kappa shape index (κ2) is 9.13. The molecule has 3 aromatic heterocycles. The Morgan fingerprint density at radius 2 is 1.91 bits per heavy atom. The number of benzene rings is 2. The van der Waals surface area contributed by atoms with E-state index in [1.165, 1.54) is 11.8 Å². The van der Waals surface area contributed by atoms with Crippen molar-refractivity contribution in [2.75, 3.05) is 19.4 Å². The first kappa shape index (κ1) is 21.9. The van der Waals surface area contributed by atoms with Crippen LogP contribution in [0, 0.1) is 0 Å². The number of halogens is 1. The van der Waals surface area contributed by atoms with Crippen molar-refractivity contribution in [1.29, 1.82) is 0 Å². The average molecular weight is 472 g/mol. The average Bonchev–Trinajstić information content (AvgIpc) is 3.50. The fourth-order valence-corrected chi connectivity index (χ4v) is 3.95. The highest BCUT2D eigenvalue weighted by atomic mass is 35.5. The zero-order valence-corrected chi connectivity index (χ0v) is 19.4. The van der Waals surface area contributed by atoms with Crippen molar-refractivity contribution in [3.05, 3.63) is 89.5 Å². The number of fused-ring (bicyclic) bond motifs is 1. The Labute approximate surface area is 201 Å². The minimum Gasteiger partial charge on any atom is -0.459 e. The molecule has 0 aliphatic rings. The van der Waals surface area contributed by atoms with Crippen molar-refractivity contribution in [1.82, 2.24) is 19.9 Å². The summed E-state index contributed by atoms with van der Waals surface area (Å²) in [6.07, 6.45) is 3.27. The van der Waals surface area contributed by atoms with Gasteiger partial charge < -0.3 is 19.6 Å². The first-order chi connectivity index (χ1) is 16.5. The molecule has 0 fully saturated rings. The van der Waals surface area contributed by atoms with Crippen molar-refractivity contribution in [3.8, 4) is 22.5 Å². The fourth-order valence-electron chi connectivity index (χ4n) is 3.74. The van der Waals surface area contributed by atoms with E-state index < -0.39 is 0 Å². The van der Waals surface area contributed by atoms with Crippen LogP contribution in [0.4, 0.5) is 5.69 Å². The first-order valence-corrected chi connectivity index (χ1v) is 11.1. The van der Waals surface area contributed by atoms with Crippen LogP contribution in [-0.4, -0.2) is 39.9 Å². The normalized spacial score (nSPS) is 11.3. The largest absolute Gasteiger partial charge is 0.459 e. The summed E-state index contributed by atoms with van der Waals surface area (Å²) in [6.45, 7) is 0.892. The zero-order valence-electron chi connectivity index (χ0n) is 18.7. The van der Waals surface area contributed by atoms with Crippen molar-refractivity contribution in [2.45, 2.75) is 6.54 Å².